The van der Waals surface area contributed by atoms with E-state index in [1.807, 2.05) is 18.2 Å². The fourth-order valence-corrected chi connectivity index (χ4v) is 4.42. The van der Waals surface area contributed by atoms with Gasteiger partial charge in [-0.2, -0.15) is 0 Å². The van der Waals surface area contributed by atoms with Gasteiger partial charge in [0.25, 0.3) is 0 Å². The third-order valence-electron chi connectivity index (χ3n) is 5.36. The molecule has 0 saturated heterocycles. The Labute approximate surface area is 118 Å². The van der Waals surface area contributed by atoms with E-state index in [1.54, 1.807) is 6.07 Å². The van der Waals surface area contributed by atoms with Crippen molar-refractivity contribution in [1.82, 2.24) is 4.57 Å². The van der Waals surface area contributed by atoms with E-state index < -0.39 is 5.97 Å². The topological polar surface area (TPSA) is 42.2 Å². The molecule has 1 heterocycles. The van der Waals surface area contributed by atoms with Gasteiger partial charge in [0.2, 0.25) is 0 Å². The molecule has 1 aromatic carbocycles. The second kappa shape index (κ2) is 4.37. The van der Waals surface area contributed by atoms with E-state index in [0.717, 1.165) is 35.2 Å². The highest BCUT2D eigenvalue weighted by molar-refractivity contribution is 6.02. The van der Waals surface area contributed by atoms with E-state index in [0.29, 0.717) is 5.56 Å². The van der Waals surface area contributed by atoms with E-state index in [1.165, 1.54) is 25.7 Å². The molecule has 0 spiro atoms. The van der Waals surface area contributed by atoms with Crippen LogP contribution in [-0.4, -0.2) is 15.6 Å². The monoisotopic (exact) mass is 269 g/mol. The SMILES string of the molecule is O=C(O)c1cccc2c1ccn2CC1CC2CCC1C2. The van der Waals surface area contributed by atoms with E-state index in [4.69, 9.17) is 0 Å². The van der Waals surface area contributed by atoms with Gasteiger partial charge in [0.05, 0.1) is 5.56 Å². The van der Waals surface area contributed by atoms with Crippen molar-refractivity contribution in [3.8, 4) is 0 Å². The molecular formula is C17H19NO2. The summed E-state index contributed by atoms with van der Waals surface area (Å²) in [5.74, 6) is 1.81. The first-order chi connectivity index (χ1) is 9.72. The lowest BCUT2D eigenvalue weighted by molar-refractivity contribution is 0.0699. The van der Waals surface area contributed by atoms with Crippen LogP contribution in [0.4, 0.5) is 0 Å². The van der Waals surface area contributed by atoms with Gasteiger partial charge in [0.15, 0.2) is 0 Å². The Morgan fingerprint density at radius 3 is 2.85 bits per heavy atom. The van der Waals surface area contributed by atoms with Gasteiger partial charge in [-0.25, -0.2) is 4.79 Å². The molecule has 3 atom stereocenters. The summed E-state index contributed by atoms with van der Waals surface area (Å²) < 4.78 is 2.26. The Balaban J connectivity index is 1.67. The largest absolute Gasteiger partial charge is 0.478 e. The first-order valence-electron chi connectivity index (χ1n) is 7.53. The molecule has 3 heteroatoms. The molecule has 0 amide bonds. The van der Waals surface area contributed by atoms with Gasteiger partial charge in [-0.1, -0.05) is 12.5 Å². The minimum atomic E-state index is -0.840. The molecule has 104 valence electrons. The van der Waals surface area contributed by atoms with Crippen LogP contribution in [0.15, 0.2) is 30.5 Å². The first-order valence-corrected chi connectivity index (χ1v) is 7.53. The molecule has 1 aromatic heterocycles. The molecule has 2 bridgehead atoms. The summed E-state index contributed by atoms with van der Waals surface area (Å²) in [4.78, 5) is 11.3. The Morgan fingerprint density at radius 1 is 1.25 bits per heavy atom. The summed E-state index contributed by atoms with van der Waals surface area (Å²) >= 11 is 0. The van der Waals surface area contributed by atoms with Crippen molar-refractivity contribution < 1.29 is 9.90 Å². The molecule has 20 heavy (non-hydrogen) atoms. The molecule has 2 aliphatic carbocycles. The van der Waals surface area contributed by atoms with Gasteiger partial charge in [-0.3, -0.25) is 0 Å². The van der Waals surface area contributed by atoms with Crippen molar-refractivity contribution in [2.24, 2.45) is 17.8 Å². The zero-order valence-electron chi connectivity index (χ0n) is 11.5. The van der Waals surface area contributed by atoms with E-state index in [-0.39, 0.29) is 0 Å². The molecule has 3 unspecified atom stereocenters. The highest BCUT2D eigenvalue weighted by Gasteiger charge is 2.39. The second-order valence-corrected chi connectivity index (χ2v) is 6.45. The van der Waals surface area contributed by atoms with Crippen LogP contribution in [0.1, 0.15) is 36.0 Å². The zero-order chi connectivity index (χ0) is 13.7. The summed E-state index contributed by atoms with van der Waals surface area (Å²) in [5, 5.41) is 10.1. The third kappa shape index (κ3) is 1.76. The molecule has 0 aliphatic heterocycles. The summed E-state index contributed by atoms with van der Waals surface area (Å²) in [5.41, 5.74) is 1.47. The highest BCUT2D eigenvalue weighted by atomic mass is 16.4. The number of hydrogen-bond acceptors (Lipinski definition) is 1. The van der Waals surface area contributed by atoms with Crippen LogP contribution in [0.2, 0.25) is 0 Å². The number of carboxylic acids is 1. The lowest BCUT2D eigenvalue weighted by atomic mass is 9.89. The number of carbonyl (C=O) groups is 1. The molecule has 4 rings (SSSR count). The maximum absolute atomic E-state index is 11.3. The normalized spacial score (nSPS) is 28.3. The molecule has 2 aromatic rings. The van der Waals surface area contributed by atoms with Crippen molar-refractivity contribution in [1.29, 1.82) is 0 Å². The number of rotatable bonds is 3. The van der Waals surface area contributed by atoms with Crippen molar-refractivity contribution in [2.75, 3.05) is 0 Å². The number of carboxylic acid groups (broad SMARTS) is 1. The Bertz CT molecular complexity index is 673. The summed E-state index contributed by atoms with van der Waals surface area (Å²) in [6.07, 6.45) is 7.67. The fourth-order valence-electron chi connectivity index (χ4n) is 4.42. The lowest BCUT2D eigenvalue weighted by Gasteiger charge is -2.22. The number of hydrogen-bond donors (Lipinski definition) is 1. The second-order valence-electron chi connectivity index (χ2n) is 6.45. The van der Waals surface area contributed by atoms with Crippen LogP contribution in [-0.2, 0) is 6.54 Å². The zero-order valence-corrected chi connectivity index (χ0v) is 11.5. The van der Waals surface area contributed by atoms with Crippen molar-refractivity contribution in [2.45, 2.75) is 32.2 Å². The number of nitrogens with zero attached hydrogens (tertiary/aromatic N) is 1. The molecule has 2 fully saturated rings. The molecular weight excluding hydrogens is 250 g/mol. The quantitative estimate of drug-likeness (QED) is 0.921. The number of aromatic nitrogens is 1. The first kappa shape index (κ1) is 12.0. The van der Waals surface area contributed by atoms with Gasteiger partial charge in [-0.05, 0) is 55.2 Å². The smallest absolute Gasteiger partial charge is 0.336 e. The molecule has 0 radical (unpaired) electrons. The van der Waals surface area contributed by atoms with Crippen LogP contribution in [0.25, 0.3) is 10.9 Å². The van der Waals surface area contributed by atoms with Crippen LogP contribution in [0.3, 0.4) is 0 Å². The van der Waals surface area contributed by atoms with Gasteiger partial charge in [0, 0.05) is 23.6 Å². The van der Waals surface area contributed by atoms with Crippen molar-refractivity contribution in [3.05, 3.63) is 36.0 Å². The van der Waals surface area contributed by atoms with Crippen LogP contribution >= 0.6 is 0 Å². The van der Waals surface area contributed by atoms with Gasteiger partial charge >= 0.3 is 5.97 Å². The van der Waals surface area contributed by atoms with Gasteiger partial charge < -0.3 is 9.67 Å². The fraction of sp³-hybridized carbons (Fsp3) is 0.471. The molecule has 3 nitrogen and oxygen atoms in total. The predicted octanol–water partition coefficient (Wildman–Crippen LogP) is 3.78. The van der Waals surface area contributed by atoms with Crippen molar-refractivity contribution in [3.63, 3.8) is 0 Å². The average molecular weight is 269 g/mol. The van der Waals surface area contributed by atoms with E-state index in [9.17, 15) is 9.90 Å². The number of fused-ring (bicyclic) bond motifs is 3. The Kier molecular flexibility index (Phi) is 2.62. The van der Waals surface area contributed by atoms with Crippen LogP contribution < -0.4 is 0 Å². The average Bonchev–Trinajstić information content (AvgIpc) is 3.14. The van der Waals surface area contributed by atoms with Crippen LogP contribution in [0, 0.1) is 17.8 Å². The molecule has 1 N–H and O–H groups in total. The maximum Gasteiger partial charge on any atom is 0.336 e. The predicted molar refractivity (Wildman–Crippen MR) is 77.8 cm³/mol. The summed E-state index contributed by atoms with van der Waals surface area (Å²) in [6, 6.07) is 7.52. The van der Waals surface area contributed by atoms with Gasteiger partial charge in [0.1, 0.15) is 0 Å². The molecule has 2 aliphatic rings. The Hall–Kier alpha value is -1.77. The minimum absolute atomic E-state index is 0.411. The van der Waals surface area contributed by atoms with E-state index >= 15 is 0 Å². The standard InChI is InChI=1S/C17H19NO2/c19-17(20)15-2-1-3-16-14(15)6-7-18(16)10-13-9-11-4-5-12(13)8-11/h1-3,6-7,11-13H,4-5,8-10H2,(H,19,20). The summed E-state index contributed by atoms with van der Waals surface area (Å²) in [6.45, 7) is 1.05. The van der Waals surface area contributed by atoms with E-state index in [2.05, 4.69) is 10.8 Å². The van der Waals surface area contributed by atoms with Gasteiger partial charge in [-0.15, -0.1) is 0 Å². The third-order valence-corrected chi connectivity index (χ3v) is 5.36. The minimum Gasteiger partial charge on any atom is -0.478 e. The highest BCUT2D eigenvalue weighted by Crippen LogP contribution is 2.49. The lowest BCUT2D eigenvalue weighted by Crippen LogP contribution is -2.16. The Morgan fingerprint density at radius 2 is 2.15 bits per heavy atom. The number of benzene rings is 1. The molecule has 2 saturated carbocycles. The maximum atomic E-state index is 11.3. The van der Waals surface area contributed by atoms with Crippen molar-refractivity contribution >= 4 is 16.9 Å². The number of aromatic carboxylic acids is 1. The summed E-state index contributed by atoms with van der Waals surface area (Å²) in [7, 11) is 0. The van der Waals surface area contributed by atoms with Crippen LogP contribution in [0.5, 0.6) is 0 Å².